The molecule has 3 aromatic rings. The molecule has 2 saturated heterocycles. The van der Waals surface area contributed by atoms with Gasteiger partial charge >= 0.3 is 12.1 Å². The fourth-order valence-corrected chi connectivity index (χ4v) is 6.84. The molecular weight excluding hydrogens is 611 g/mol. The van der Waals surface area contributed by atoms with Gasteiger partial charge in [0.05, 0.1) is 11.4 Å². The number of alkyl halides is 3. The van der Waals surface area contributed by atoms with Gasteiger partial charge in [0, 0.05) is 42.5 Å². The second-order valence-corrected chi connectivity index (χ2v) is 12.8. The molecule has 45 heavy (non-hydrogen) atoms. The Hall–Kier alpha value is -3.58. The van der Waals surface area contributed by atoms with Gasteiger partial charge in [0.1, 0.15) is 18.0 Å². The zero-order valence-corrected chi connectivity index (χ0v) is 25.8. The second kappa shape index (κ2) is 12.7. The molecular formula is C31H37ClF3N7O3. The zero-order chi connectivity index (χ0) is 31.8. The van der Waals surface area contributed by atoms with Crippen LogP contribution in [0.1, 0.15) is 68.7 Å². The number of nitrogen functional groups attached to an aromatic ring is 1. The molecule has 2 aliphatic heterocycles. The Bertz CT molecular complexity index is 1520. The summed E-state index contributed by atoms with van der Waals surface area (Å²) in [6, 6.07) is 6.80. The minimum Gasteiger partial charge on any atom is -0.461 e. The van der Waals surface area contributed by atoms with Crippen LogP contribution in [-0.4, -0.2) is 63.7 Å². The molecule has 6 rings (SSSR count). The van der Waals surface area contributed by atoms with Crippen molar-refractivity contribution in [2.24, 2.45) is 5.41 Å². The number of esters is 1. The number of ether oxygens (including phenoxy) is 2. The summed E-state index contributed by atoms with van der Waals surface area (Å²) < 4.78 is 56.3. The van der Waals surface area contributed by atoms with Crippen molar-refractivity contribution in [3.63, 3.8) is 0 Å². The van der Waals surface area contributed by atoms with Crippen LogP contribution in [0.4, 0.5) is 24.9 Å². The highest BCUT2D eigenvalue weighted by Crippen LogP contribution is 2.43. The van der Waals surface area contributed by atoms with Gasteiger partial charge in [0.2, 0.25) is 17.9 Å². The molecule has 1 aliphatic carbocycles. The molecule has 10 nitrogen and oxygen atoms in total. The molecule has 3 aliphatic rings. The lowest BCUT2D eigenvalue weighted by atomic mass is 9.76. The van der Waals surface area contributed by atoms with Gasteiger partial charge < -0.3 is 25.4 Å². The van der Waals surface area contributed by atoms with Crippen molar-refractivity contribution in [3.05, 3.63) is 52.8 Å². The van der Waals surface area contributed by atoms with Crippen molar-refractivity contribution < 1.29 is 27.4 Å². The van der Waals surface area contributed by atoms with E-state index in [9.17, 15) is 18.0 Å². The summed E-state index contributed by atoms with van der Waals surface area (Å²) in [7, 11) is 0. The Labute approximate surface area is 264 Å². The third kappa shape index (κ3) is 7.14. The van der Waals surface area contributed by atoms with E-state index in [-0.39, 0.29) is 51.6 Å². The van der Waals surface area contributed by atoms with E-state index < -0.39 is 12.3 Å². The minimum absolute atomic E-state index is 0.0177. The van der Waals surface area contributed by atoms with Gasteiger partial charge in [-0.25, -0.2) is 4.68 Å². The largest absolute Gasteiger partial charge is 0.461 e. The van der Waals surface area contributed by atoms with Gasteiger partial charge in [0.25, 0.3) is 0 Å². The van der Waals surface area contributed by atoms with Crippen molar-refractivity contribution in [1.82, 2.24) is 25.1 Å². The average molecular weight is 648 g/mol. The summed E-state index contributed by atoms with van der Waals surface area (Å²) in [4.78, 5) is 23.1. The quantitative estimate of drug-likeness (QED) is 0.311. The van der Waals surface area contributed by atoms with Gasteiger partial charge in [-0.2, -0.15) is 28.2 Å². The fourth-order valence-electron chi connectivity index (χ4n) is 6.67. The van der Waals surface area contributed by atoms with E-state index in [1.165, 1.54) is 35.4 Å². The van der Waals surface area contributed by atoms with Crippen LogP contribution in [0.5, 0.6) is 5.88 Å². The summed E-state index contributed by atoms with van der Waals surface area (Å²) in [6.07, 6.45) is 1.89. The fraction of sp³-hybridized carbons (Fsp3) is 0.548. The van der Waals surface area contributed by atoms with E-state index in [0.717, 1.165) is 38.5 Å². The topological polar surface area (TPSA) is 120 Å². The van der Waals surface area contributed by atoms with Crippen LogP contribution in [0.2, 0.25) is 5.02 Å². The van der Waals surface area contributed by atoms with Crippen molar-refractivity contribution in [2.45, 2.75) is 82.7 Å². The molecule has 1 spiro atoms. The molecule has 14 heteroatoms. The lowest BCUT2D eigenvalue weighted by Gasteiger charge is -2.39. The second-order valence-electron chi connectivity index (χ2n) is 12.4. The molecule has 2 atom stereocenters. The summed E-state index contributed by atoms with van der Waals surface area (Å²) >= 11 is 6.16. The predicted molar refractivity (Wildman–Crippen MR) is 162 cm³/mol. The molecule has 1 aromatic carbocycles. The number of carbonyl (C=O) groups excluding carboxylic acids is 1. The number of hydrogen-bond acceptors (Lipinski definition) is 9. The number of rotatable bonds is 7. The van der Waals surface area contributed by atoms with Crippen LogP contribution in [0.3, 0.4) is 0 Å². The number of aromatic nitrogens is 4. The van der Waals surface area contributed by atoms with E-state index in [2.05, 4.69) is 20.4 Å². The lowest BCUT2D eigenvalue weighted by Crippen LogP contribution is -2.41. The number of carbonyl (C=O) groups is 1. The molecule has 242 valence electrons. The number of benzene rings is 1. The van der Waals surface area contributed by atoms with E-state index in [1.807, 2.05) is 4.90 Å². The van der Waals surface area contributed by atoms with Crippen LogP contribution in [-0.2, 0) is 9.53 Å². The molecule has 0 bridgehead atoms. The van der Waals surface area contributed by atoms with Gasteiger partial charge in [-0.3, -0.25) is 4.79 Å². The number of halogens is 4. The lowest BCUT2D eigenvalue weighted by molar-refractivity contribution is -0.198. The molecule has 2 aromatic heterocycles. The third-order valence-electron chi connectivity index (χ3n) is 9.11. The number of nitrogens with one attached hydrogen (secondary N) is 1. The molecule has 0 radical (unpaired) electrons. The average Bonchev–Trinajstić information content (AvgIpc) is 3.63. The first kappa shape index (κ1) is 31.4. The maximum Gasteiger partial charge on any atom is 0.429 e. The van der Waals surface area contributed by atoms with Crippen molar-refractivity contribution in [1.29, 1.82) is 0 Å². The number of nitrogens with two attached hydrogens (primary N) is 1. The van der Waals surface area contributed by atoms with E-state index in [4.69, 9.17) is 26.8 Å². The highest BCUT2D eigenvalue weighted by atomic mass is 35.5. The Morgan fingerprint density at radius 3 is 2.58 bits per heavy atom. The molecule has 4 heterocycles. The highest BCUT2D eigenvalue weighted by molar-refractivity contribution is 6.30. The molecule has 3 N–H and O–H groups in total. The third-order valence-corrected chi connectivity index (χ3v) is 9.35. The van der Waals surface area contributed by atoms with Gasteiger partial charge in [-0.15, -0.1) is 0 Å². The first-order valence-corrected chi connectivity index (χ1v) is 15.7. The number of nitrogens with zero attached hydrogens (tertiary/aromatic N) is 5. The maximum absolute atomic E-state index is 14.5. The van der Waals surface area contributed by atoms with Crippen molar-refractivity contribution >= 4 is 29.3 Å². The van der Waals surface area contributed by atoms with Crippen LogP contribution in [0.25, 0.3) is 5.69 Å². The maximum atomic E-state index is 14.5. The normalized spacial score (nSPS) is 21.2. The molecule has 3 fully saturated rings. The van der Waals surface area contributed by atoms with Crippen molar-refractivity contribution in [2.75, 3.05) is 30.3 Å². The van der Waals surface area contributed by atoms with E-state index in [1.54, 1.807) is 19.2 Å². The SMILES string of the molecule is Cc1ccn(-c2cc(Cl)ccc2C(Oc2cc(N3CCC4(CC3)CN[C@H](C(=O)OC3CCCCC3)C4)nc(N)n2)C(F)(F)F)n1. The summed E-state index contributed by atoms with van der Waals surface area (Å²) in [5.74, 6) is -0.287. The Kier molecular flexibility index (Phi) is 8.84. The molecule has 1 unspecified atom stereocenters. The van der Waals surface area contributed by atoms with Gasteiger partial charge in [-0.05, 0) is 75.5 Å². The van der Waals surface area contributed by atoms with Crippen LogP contribution >= 0.6 is 11.6 Å². The number of anilines is 2. The summed E-state index contributed by atoms with van der Waals surface area (Å²) in [5, 5.41) is 7.89. The van der Waals surface area contributed by atoms with E-state index in [0.29, 0.717) is 37.6 Å². The number of aryl methyl sites for hydroxylation is 1. The van der Waals surface area contributed by atoms with Crippen LogP contribution in [0.15, 0.2) is 36.5 Å². The van der Waals surface area contributed by atoms with Gasteiger partial charge in [-0.1, -0.05) is 24.1 Å². The smallest absolute Gasteiger partial charge is 0.429 e. The first-order chi connectivity index (χ1) is 21.5. The summed E-state index contributed by atoms with van der Waals surface area (Å²) in [6.45, 7) is 3.62. The Morgan fingerprint density at radius 2 is 1.89 bits per heavy atom. The standard InChI is InChI=1S/C31H37ClF3N7O3/c1-19-9-12-42(40-19)24-15-20(32)7-8-22(24)27(31(33,34)35)45-26-16-25(38-29(36)39-26)41-13-10-30(11-14-41)17-23(37-18-30)28(43)44-21-5-3-2-4-6-21/h7-9,12,15-16,21,23,27,37H,2-6,10-11,13-14,17-18H2,1H3,(H2,36,38,39)/t23-,27?/m0/s1. The predicted octanol–water partition coefficient (Wildman–Crippen LogP) is 5.71. The van der Waals surface area contributed by atoms with Crippen LogP contribution in [0, 0.1) is 12.3 Å². The minimum atomic E-state index is -4.80. The number of piperidine rings is 1. The number of hydrogen-bond donors (Lipinski definition) is 2. The van der Waals surface area contributed by atoms with Crippen molar-refractivity contribution in [3.8, 4) is 11.6 Å². The molecule has 1 saturated carbocycles. The molecule has 0 amide bonds. The Balaban J connectivity index is 1.15. The monoisotopic (exact) mass is 647 g/mol. The highest BCUT2D eigenvalue weighted by Gasteiger charge is 2.46. The zero-order valence-electron chi connectivity index (χ0n) is 25.0. The van der Waals surface area contributed by atoms with Gasteiger partial charge in [0.15, 0.2) is 0 Å². The van der Waals surface area contributed by atoms with E-state index >= 15 is 0 Å². The Morgan fingerprint density at radius 1 is 1.13 bits per heavy atom. The summed E-state index contributed by atoms with van der Waals surface area (Å²) in [5.41, 5.74) is 6.49. The first-order valence-electron chi connectivity index (χ1n) is 15.4. The van der Waals surface area contributed by atoms with Crippen LogP contribution < -0.4 is 20.7 Å².